The molecule has 0 aliphatic carbocycles. The molecule has 0 fully saturated rings. The number of benzene rings is 1. The van der Waals surface area contributed by atoms with Gasteiger partial charge in [-0.15, -0.1) is 0 Å². The number of nitrogens with one attached hydrogen (secondary N) is 2. The lowest BCUT2D eigenvalue weighted by atomic mass is 10.2. The van der Waals surface area contributed by atoms with Crippen molar-refractivity contribution in [3.05, 3.63) is 38.7 Å². The van der Waals surface area contributed by atoms with Crippen LogP contribution >= 0.6 is 34.2 Å². The van der Waals surface area contributed by atoms with Gasteiger partial charge in [0.2, 0.25) is 5.95 Å². The van der Waals surface area contributed by atoms with E-state index in [2.05, 4.69) is 37.9 Å². The number of aromatic amines is 1. The molecule has 18 heavy (non-hydrogen) atoms. The minimum absolute atomic E-state index is 0.333. The number of imidazole rings is 1. The molecule has 1 heterocycles. The van der Waals surface area contributed by atoms with Crippen molar-refractivity contribution in [3.8, 4) is 5.75 Å². The summed E-state index contributed by atoms with van der Waals surface area (Å²) in [6.45, 7) is 0. The van der Waals surface area contributed by atoms with Gasteiger partial charge in [0.15, 0.2) is 0 Å². The maximum absolute atomic E-state index is 12.0. The summed E-state index contributed by atoms with van der Waals surface area (Å²) >= 11 is 8.08. The molecule has 1 aromatic heterocycles. The summed E-state index contributed by atoms with van der Waals surface area (Å²) in [6.07, 6.45) is 3.17. The quantitative estimate of drug-likeness (QED) is 0.808. The molecule has 0 aliphatic rings. The molecule has 1 aromatic carbocycles. The van der Waals surface area contributed by atoms with Gasteiger partial charge in [-0.05, 0) is 34.7 Å². The number of hydrogen-bond acceptors (Lipinski definition) is 3. The number of carbonyl (C=O) groups excluding carboxylic acids is 1. The molecule has 1 amide bonds. The van der Waals surface area contributed by atoms with Crippen LogP contribution in [-0.2, 0) is 0 Å². The Morgan fingerprint density at radius 2 is 2.33 bits per heavy atom. The molecular formula is C11H9ClIN3O2. The first-order valence-corrected chi connectivity index (χ1v) is 6.41. The second-order valence-electron chi connectivity index (χ2n) is 3.36. The van der Waals surface area contributed by atoms with Gasteiger partial charge in [-0.1, -0.05) is 11.6 Å². The van der Waals surface area contributed by atoms with Crippen LogP contribution in [-0.4, -0.2) is 23.0 Å². The number of aromatic nitrogens is 2. The standard InChI is InChI=1S/C11H9ClIN3O2/c1-18-9-5-8(13)7(12)4-6(9)10(17)16-11-14-2-3-15-11/h2-5H,1H3,(H2,14,15,16,17). The Kier molecular flexibility index (Phi) is 4.07. The fourth-order valence-electron chi connectivity index (χ4n) is 1.38. The van der Waals surface area contributed by atoms with Crippen LogP contribution in [0.5, 0.6) is 5.75 Å². The molecule has 0 saturated carbocycles. The summed E-state index contributed by atoms with van der Waals surface area (Å²) in [5, 5.41) is 3.11. The average Bonchev–Trinajstić information content (AvgIpc) is 2.84. The van der Waals surface area contributed by atoms with Crippen molar-refractivity contribution in [1.82, 2.24) is 9.97 Å². The summed E-state index contributed by atoms with van der Waals surface area (Å²) in [6, 6.07) is 3.28. The fraction of sp³-hybridized carbons (Fsp3) is 0.0909. The van der Waals surface area contributed by atoms with E-state index in [0.717, 1.165) is 3.57 Å². The van der Waals surface area contributed by atoms with Crippen LogP contribution in [0.15, 0.2) is 24.5 Å². The molecule has 0 unspecified atom stereocenters. The number of amides is 1. The molecule has 0 bridgehead atoms. The zero-order valence-corrected chi connectivity index (χ0v) is 12.2. The SMILES string of the molecule is COc1cc(I)c(Cl)cc1C(=O)Nc1ncc[nH]1. The Labute approximate surface area is 122 Å². The molecule has 0 spiro atoms. The van der Waals surface area contributed by atoms with E-state index in [9.17, 15) is 4.79 Å². The van der Waals surface area contributed by atoms with Gasteiger partial charge < -0.3 is 9.72 Å². The molecule has 2 N–H and O–H groups in total. The molecule has 7 heteroatoms. The Bertz CT molecular complexity index is 572. The third-order valence-corrected chi connectivity index (χ3v) is 3.74. The first kappa shape index (κ1) is 13.2. The van der Waals surface area contributed by atoms with Gasteiger partial charge in [0.25, 0.3) is 5.91 Å². The largest absolute Gasteiger partial charge is 0.496 e. The first-order chi connectivity index (χ1) is 8.61. The van der Waals surface area contributed by atoms with Crippen molar-refractivity contribution >= 4 is 46.0 Å². The lowest BCUT2D eigenvalue weighted by Crippen LogP contribution is -2.14. The van der Waals surface area contributed by atoms with Crippen LogP contribution < -0.4 is 10.1 Å². The molecule has 0 radical (unpaired) electrons. The van der Waals surface area contributed by atoms with Crippen molar-refractivity contribution < 1.29 is 9.53 Å². The van der Waals surface area contributed by atoms with E-state index in [1.807, 2.05) is 0 Å². The lowest BCUT2D eigenvalue weighted by Gasteiger charge is -2.09. The van der Waals surface area contributed by atoms with Gasteiger partial charge in [0, 0.05) is 16.0 Å². The van der Waals surface area contributed by atoms with E-state index in [1.54, 1.807) is 24.5 Å². The topological polar surface area (TPSA) is 67.0 Å². The van der Waals surface area contributed by atoms with Crippen LogP contribution in [0.1, 0.15) is 10.4 Å². The molecule has 94 valence electrons. The minimum atomic E-state index is -0.333. The van der Waals surface area contributed by atoms with Crippen molar-refractivity contribution in [2.75, 3.05) is 12.4 Å². The van der Waals surface area contributed by atoms with Crippen molar-refractivity contribution in [2.45, 2.75) is 0 Å². The van der Waals surface area contributed by atoms with Gasteiger partial charge in [-0.2, -0.15) is 0 Å². The highest BCUT2D eigenvalue weighted by Gasteiger charge is 2.15. The zero-order chi connectivity index (χ0) is 13.1. The van der Waals surface area contributed by atoms with Crippen LogP contribution in [0, 0.1) is 3.57 Å². The van der Waals surface area contributed by atoms with E-state index in [1.165, 1.54) is 7.11 Å². The smallest absolute Gasteiger partial charge is 0.261 e. The monoisotopic (exact) mass is 377 g/mol. The van der Waals surface area contributed by atoms with Crippen LogP contribution in [0.4, 0.5) is 5.95 Å². The normalized spacial score (nSPS) is 10.2. The van der Waals surface area contributed by atoms with Crippen molar-refractivity contribution in [2.24, 2.45) is 0 Å². The third kappa shape index (κ3) is 2.75. The van der Waals surface area contributed by atoms with E-state index in [-0.39, 0.29) is 5.91 Å². The highest BCUT2D eigenvalue weighted by atomic mass is 127. The number of rotatable bonds is 3. The maximum Gasteiger partial charge on any atom is 0.261 e. The number of ether oxygens (including phenoxy) is 1. The Morgan fingerprint density at radius 3 is 2.94 bits per heavy atom. The van der Waals surface area contributed by atoms with Crippen LogP contribution in [0.2, 0.25) is 5.02 Å². The molecule has 2 rings (SSSR count). The number of H-pyrrole nitrogens is 1. The summed E-state index contributed by atoms with van der Waals surface area (Å²) < 4.78 is 5.99. The van der Waals surface area contributed by atoms with Gasteiger partial charge in [-0.25, -0.2) is 4.98 Å². The molecule has 0 aliphatic heterocycles. The predicted molar refractivity (Wildman–Crippen MR) is 77.3 cm³/mol. The molecular weight excluding hydrogens is 368 g/mol. The predicted octanol–water partition coefficient (Wildman–Crippen LogP) is 2.93. The van der Waals surface area contributed by atoms with Crippen LogP contribution in [0.3, 0.4) is 0 Å². The average molecular weight is 378 g/mol. The molecule has 2 aromatic rings. The first-order valence-electron chi connectivity index (χ1n) is 4.95. The van der Waals surface area contributed by atoms with Gasteiger partial charge >= 0.3 is 0 Å². The van der Waals surface area contributed by atoms with E-state index in [0.29, 0.717) is 22.3 Å². The van der Waals surface area contributed by atoms with E-state index >= 15 is 0 Å². The highest BCUT2D eigenvalue weighted by molar-refractivity contribution is 14.1. The van der Waals surface area contributed by atoms with E-state index < -0.39 is 0 Å². The minimum Gasteiger partial charge on any atom is -0.496 e. The summed E-state index contributed by atoms with van der Waals surface area (Å²) in [5.41, 5.74) is 0.360. The summed E-state index contributed by atoms with van der Waals surface area (Å²) in [4.78, 5) is 18.7. The highest BCUT2D eigenvalue weighted by Crippen LogP contribution is 2.28. The Balaban J connectivity index is 2.32. The number of nitrogens with zero attached hydrogens (tertiary/aromatic N) is 1. The van der Waals surface area contributed by atoms with E-state index in [4.69, 9.17) is 16.3 Å². The second kappa shape index (κ2) is 5.57. The van der Waals surface area contributed by atoms with Gasteiger partial charge in [-0.3, -0.25) is 10.1 Å². The second-order valence-corrected chi connectivity index (χ2v) is 4.93. The summed E-state index contributed by atoms with van der Waals surface area (Å²) in [5.74, 6) is 0.504. The lowest BCUT2D eigenvalue weighted by molar-refractivity contribution is 0.102. The number of carbonyl (C=O) groups is 1. The van der Waals surface area contributed by atoms with Crippen molar-refractivity contribution in [1.29, 1.82) is 0 Å². The number of hydrogen-bond donors (Lipinski definition) is 2. The third-order valence-electron chi connectivity index (χ3n) is 2.22. The Hall–Kier alpha value is -1.28. The maximum atomic E-state index is 12.0. The van der Waals surface area contributed by atoms with Gasteiger partial charge in [0.05, 0.1) is 17.7 Å². The fourth-order valence-corrected chi connectivity index (χ4v) is 1.99. The summed E-state index contributed by atoms with van der Waals surface area (Å²) in [7, 11) is 1.50. The zero-order valence-electron chi connectivity index (χ0n) is 9.33. The molecule has 0 atom stereocenters. The molecule has 5 nitrogen and oxygen atoms in total. The van der Waals surface area contributed by atoms with Crippen LogP contribution in [0.25, 0.3) is 0 Å². The Morgan fingerprint density at radius 1 is 1.56 bits per heavy atom. The number of methoxy groups -OCH3 is 1. The van der Waals surface area contributed by atoms with Crippen molar-refractivity contribution in [3.63, 3.8) is 0 Å². The number of halogens is 2. The number of anilines is 1. The van der Waals surface area contributed by atoms with Gasteiger partial charge in [0.1, 0.15) is 5.75 Å². The molecule has 0 saturated heterocycles.